The number of carbonyl (C=O) groups excluding carboxylic acids is 1. The van der Waals surface area contributed by atoms with Crippen molar-refractivity contribution in [1.29, 1.82) is 0 Å². The lowest BCUT2D eigenvalue weighted by Gasteiger charge is -2.10. The third-order valence-electron chi connectivity index (χ3n) is 5.45. The number of carbonyl (C=O) groups is 1. The molecule has 0 aliphatic heterocycles. The third kappa shape index (κ3) is 5.63. The van der Waals surface area contributed by atoms with Gasteiger partial charge in [-0.2, -0.15) is 0 Å². The van der Waals surface area contributed by atoms with E-state index in [1.54, 1.807) is 36.7 Å². The molecule has 1 aromatic heterocycles. The van der Waals surface area contributed by atoms with Crippen molar-refractivity contribution in [3.05, 3.63) is 107 Å². The van der Waals surface area contributed by atoms with Crippen molar-refractivity contribution in [3.63, 3.8) is 0 Å². The van der Waals surface area contributed by atoms with E-state index in [0.29, 0.717) is 35.5 Å². The number of benzene rings is 1. The number of hydrogen-bond acceptors (Lipinski definition) is 5. The number of allylic oxidation sites excluding steroid dienone is 5. The highest BCUT2D eigenvalue weighted by Gasteiger charge is 2.35. The Morgan fingerprint density at radius 3 is 2.81 bits per heavy atom. The van der Waals surface area contributed by atoms with Crippen LogP contribution >= 0.6 is 0 Å². The van der Waals surface area contributed by atoms with Crippen LogP contribution in [0.5, 0.6) is 0 Å². The number of pyridine rings is 1. The molecule has 0 spiro atoms. The summed E-state index contributed by atoms with van der Waals surface area (Å²) in [4.78, 5) is 16.5. The van der Waals surface area contributed by atoms with Gasteiger partial charge in [-0.05, 0) is 78.3 Å². The summed E-state index contributed by atoms with van der Waals surface area (Å²) in [5.74, 6) is 1.67. The average Bonchev–Trinajstić information content (AvgIpc) is 3.57. The van der Waals surface area contributed by atoms with Crippen molar-refractivity contribution in [3.8, 4) is 0 Å². The fourth-order valence-corrected chi connectivity index (χ4v) is 3.55. The van der Waals surface area contributed by atoms with Gasteiger partial charge in [0, 0.05) is 38.7 Å². The first-order valence-corrected chi connectivity index (χ1v) is 10.5. The van der Waals surface area contributed by atoms with E-state index in [1.165, 1.54) is 6.42 Å². The molecule has 4 rings (SSSR count). The Morgan fingerprint density at radius 2 is 2.00 bits per heavy atom. The van der Waals surface area contributed by atoms with E-state index in [1.807, 2.05) is 24.3 Å². The van der Waals surface area contributed by atoms with Gasteiger partial charge in [-0.25, -0.2) is 0 Å². The van der Waals surface area contributed by atoms with Gasteiger partial charge in [-0.1, -0.05) is 24.3 Å². The maximum absolute atomic E-state index is 12.5. The van der Waals surface area contributed by atoms with Crippen LogP contribution in [0.3, 0.4) is 0 Å². The van der Waals surface area contributed by atoms with Gasteiger partial charge in [0.2, 0.25) is 0 Å². The van der Waals surface area contributed by atoms with Crippen molar-refractivity contribution >= 4 is 11.6 Å². The van der Waals surface area contributed by atoms with Gasteiger partial charge in [-0.15, -0.1) is 0 Å². The summed E-state index contributed by atoms with van der Waals surface area (Å²) in [6.45, 7) is 0.554. The minimum absolute atomic E-state index is 0. The molecule has 6 N–H and O–H groups in total. The van der Waals surface area contributed by atoms with Gasteiger partial charge in [0.15, 0.2) is 0 Å². The number of hydrogen-bond donors (Lipinski definition) is 4. The molecule has 1 fully saturated rings. The van der Waals surface area contributed by atoms with Crippen LogP contribution in [0, 0.1) is 11.8 Å². The number of amides is 1. The minimum atomic E-state index is -0.126. The zero-order valence-corrected chi connectivity index (χ0v) is 17.3. The maximum Gasteiger partial charge on any atom is 0.251 e. The van der Waals surface area contributed by atoms with Gasteiger partial charge in [0.1, 0.15) is 5.82 Å². The Bertz CT molecular complexity index is 1080. The molecule has 0 saturated heterocycles. The number of nitrogens with one attached hydrogen (secondary N) is 2. The molecule has 6 heteroatoms. The zero-order chi connectivity index (χ0) is 21.6. The second kappa shape index (κ2) is 9.34. The largest absolute Gasteiger partial charge is 0.398 e. The number of nitrogens with two attached hydrogens (primary N) is 2. The predicted molar refractivity (Wildman–Crippen MR) is 128 cm³/mol. The Hall–Kier alpha value is -3.80. The molecule has 2 aromatic rings. The van der Waals surface area contributed by atoms with E-state index in [9.17, 15) is 4.79 Å². The molecule has 6 nitrogen and oxygen atoms in total. The highest BCUT2D eigenvalue weighted by molar-refractivity contribution is 5.95. The van der Waals surface area contributed by atoms with Crippen molar-refractivity contribution in [2.45, 2.75) is 12.8 Å². The Morgan fingerprint density at radius 1 is 1.16 bits per heavy atom. The second-order valence-electron chi connectivity index (χ2n) is 7.86. The first-order valence-electron chi connectivity index (χ1n) is 10.5. The highest BCUT2D eigenvalue weighted by Crippen LogP contribution is 2.44. The SMILES string of the molecule is N/C(=C\C=C(/N)Nc1cccc(C(=O)NCCc2ccncc2)c1)C1=CC2CC2C=C1.[HH].[HH]. The molecule has 2 aliphatic carbocycles. The maximum atomic E-state index is 12.5. The van der Waals surface area contributed by atoms with E-state index in [-0.39, 0.29) is 8.76 Å². The molecule has 1 aromatic carbocycles. The normalized spacial score (nSPS) is 19.9. The molecule has 1 saturated carbocycles. The van der Waals surface area contributed by atoms with Crippen molar-refractivity contribution in [2.75, 3.05) is 11.9 Å². The van der Waals surface area contributed by atoms with Gasteiger partial charge >= 0.3 is 0 Å². The van der Waals surface area contributed by atoms with Crippen molar-refractivity contribution < 1.29 is 7.65 Å². The topological polar surface area (TPSA) is 106 Å². The summed E-state index contributed by atoms with van der Waals surface area (Å²) in [7, 11) is 0. The lowest BCUT2D eigenvalue weighted by atomic mass is 10.0. The molecule has 1 heterocycles. The van der Waals surface area contributed by atoms with Crippen LogP contribution in [-0.4, -0.2) is 17.4 Å². The Kier molecular flexibility index (Phi) is 6.17. The van der Waals surface area contributed by atoms with Crippen LogP contribution in [0.15, 0.2) is 96.3 Å². The van der Waals surface area contributed by atoms with Gasteiger partial charge < -0.3 is 22.1 Å². The lowest BCUT2D eigenvalue weighted by molar-refractivity contribution is 0.0954. The molecule has 0 radical (unpaired) electrons. The van der Waals surface area contributed by atoms with Gasteiger partial charge in [0.05, 0.1) is 0 Å². The Balaban J connectivity index is 0.00000193. The molecule has 162 valence electrons. The van der Waals surface area contributed by atoms with E-state index >= 15 is 0 Å². The molecular weight excluding hydrogens is 386 g/mol. The first-order chi connectivity index (χ1) is 15.1. The highest BCUT2D eigenvalue weighted by atomic mass is 16.1. The quantitative estimate of drug-likeness (QED) is 0.490. The molecule has 2 aliphatic rings. The smallest absolute Gasteiger partial charge is 0.251 e. The summed E-state index contributed by atoms with van der Waals surface area (Å²) >= 11 is 0. The van der Waals surface area contributed by atoms with Crippen LogP contribution in [0.2, 0.25) is 0 Å². The molecular formula is C25H31N5O. The number of nitrogens with zero attached hydrogens (tertiary/aromatic N) is 1. The zero-order valence-electron chi connectivity index (χ0n) is 17.3. The number of fused-ring (bicyclic) bond motifs is 1. The summed E-state index contributed by atoms with van der Waals surface area (Å²) in [5.41, 5.74) is 16.5. The summed E-state index contributed by atoms with van der Waals surface area (Å²) in [5, 5.41) is 6.05. The van der Waals surface area contributed by atoms with Crippen LogP contribution in [0.25, 0.3) is 0 Å². The number of anilines is 1. The first kappa shape index (κ1) is 20.5. The summed E-state index contributed by atoms with van der Waals surface area (Å²) < 4.78 is 0. The summed E-state index contributed by atoms with van der Waals surface area (Å²) in [6.07, 6.45) is 15.5. The molecule has 1 amide bonds. The van der Waals surface area contributed by atoms with Gasteiger partial charge in [-0.3, -0.25) is 9.78 Å². The standard InChI is InChI=1S/C25H27N5O.2H2/c26-23(19-5-4-18-14-21(18)15-19)6-7-24(27)30-22-3-1-2-20(16-22)25(31)29-13-10-17-8-11-28-12-9-17;;/h1-9,11-12,15-16,18,21,30H,10,13-14,26-27H2,(H,29,31);2*1H/b23-6-,24-7+;;. The monoisotopic (exact) mass is 417 g/mol. The average molecular weight is 418 g/mol. The number of rotatable bonds is 8. The molecule has 31 heavy (non-hydrogen) atoms. The minimum Gasteiger partial charge on any atom is -0.398 e. The number of aromatic nitrogens is 1. The summed E-state index contributed by atoms with van der Waals surface area (Å²) in [6, 6.07) is 11.1. The van der Waals surface area contributed by atoms with Gasteiger partial charge in [0.25, 0.3) is 5.91 Å². The van der Waals surface area contributed by atoms with E-state index in [2.05, 4.69) is 33.8 Å². The van der Waals surface area contributed by atoms with Crippen LogP contribution in [-0.2, 0) is 6.42 Å². The van der Waals surface area contributed by atoms with Crippen molar-refractivity contribution in [1.82, 2.24) is 10.3 Å². The molecule has 0 bridgehead atoms. The van der Waals surface area contributed by atoms with Crippen LogP contribution in [0.1, 0.15) is 25.2 Å². The van der Waals surface area contributed by atoms with E-state index in [0.717, 1.165) is 23.2 Å². The third-order valence-corrected chi connectivity index (χ3v) is 5.45. The lowest BCUT2D eigenvalue weighted by Crippen LogP contribution is -2.25. The fourth-order valence-electron chi connectivity index (χ4n) is 3.55. The second-order valence-corrected chi connectivity index (χ2v) is 7.86. The Labute approximate surface area is 185 Å². The molecule has 2 atom stereocenters. The fraction of sp³-hybridized carbons (Fsp3) is 0.200. The van der Waals surface area contributed by atoms with Crippen LogP contribution < -0.4 is 22.1 Å². The van der Waals surface area contributed by atoms with E-state index in [4.69, 9.17) is 11.5 Å². The molecule has 2 unspecified atom stereocenters. The van der Waals surface area contributed by atoms with Crippen LogP contribution in [0.4, 0.5) is 5.69 Å². The van der Waals surface area contributed by atoms with E-state index < -0.39 is 0 Å². The van der Waals surface area contributed by atoms with Crippen molar-refractivity contribution in [2.24, 2.45) is 23.3 Å². The predicted octanol–water partition coefficient (Wildman–Crippen LogP) is 3.73.